The fraction of sp³-hybridized carbons (Fsp3) is 0.235. The maximum atomic E-state index is 6.40. The second kappa shape index (κ2) is 6.72. The van der Waals surface area contributed by atoms with E-state index in [9.17, 15) is 0 Å². The van der Waals surface area contributed by atoms with Crippen LogP contribution in [0.4, 0.5) is 0 Å². The summed E-state index contributed by atoms with van der Waals surface area (Å²) in [6.07, 6.45) is 6.92. The Morgan fingerprint density at radius 1 is 1.19 bits per heavy atom. The lowest BCUT2D eigenvalue weighted by Gasteiger charge is -2.14. The first kappa shape index (κ1) is 16.5. The SMILES string of the molecule is Cc1cnn([C@H](C)c2nc(Cn3cncn3)nn2-c2ccccc2Cl)c1. The van der Waals surface area contributed by atoms with Gasteiger partial charge >= 0.3 is 0 Å². The molecule has 0 aliphatic heterocycles. The van der Waals surface area contributed by atoms with Crippen molar-refractivity contribution in [3.05, 3.63) is 71.5 Å². The first-order valence-corrected chi connectivity index (χ1v) is 8.53. The number of aromatic nitrogens is 8. The van der Waals surface area contributed by atoms with Gasteiger partial charge in [0.05, 0.1) is 16.9 Å². The second-order valence-electron chi connectivity index (χ2n) is 6.02. The fourth-order valence-corrected chi connectivity index (χ4v) is 2.94. The molecule has 0 bridgehead atoms. The molecule has 1 atom stereocenters. The van der Waals surface area contributed by atoms with E-state index in [2.05, 4.69) is 20.3 Å². The molecule has 0 aliphatic rings. The van der Waals surface area contributed by atoms with Crippen molar-refractivity contribution in [2.45, 2.75) is 26.4 Å². The second-order valence-corrected chi connectivity index (χ2v) is 6.42. The van der Waals surface area contributed by atoms with Crippen molar-refractivity contribution in [1.29, 1.82) is 0 Å². The number of para-hydroxylation sites is 1. The molecule has 0 unspecified atom stereocenters. The number of hydrogen-bond donors (Lipinski definition) is 0. The van der Waals surface area contributed by atoms with Gasteiger partial charge in [-0.3, -0.25) is 4.68 Å². The highest BCUT2D eigenvalue weighted by Gasteiger charge is 2.21. The Morgan fingerprint density at radius 3 is 2.73 bits per heavy atom. The van der Waals surface area contributed by atoms with Crippen molar-refractivity contribution in [2.24, 2.45) is 0 Å². The van der Waals surface area contributed by atoms with E-state index < -0.39 is 0 Å². The van der Waals surface area contributed by atoms with Gasteiger partial charge in [0.15, 0.2) is 11.6 Å². The van der Waals surface area contributed by atoms with Crippen molar-refractivity contribution in [1.82, 2.24) is 39.3 Å². The van der Waals surface area contributed by atoms with Gasteiger partial charge in [0.1, 0.15) is 25.2 Å². The normalized spacial score (nSPS) is 12.4. The molecule has 0 radical (unpaired) electrons. The Balaban J connectivity index is 1.80. The number of nitrogens with zero attached hydrogens (tertiary/aromatic N) is 8. The van der Waals surface area contributed by atoms with Crippen LogP contribution in [0, 0.1) is 6.92 Å². The maximum absolute atomic E-state index is 6.40. The summed E-state index contributed by atoms with van der Waals surface area (Å²) >= 11 is 6.40. The maximum Gasteiger partial charge on any atom is 0.172 e. The van der Waals surface area contributed by atoms with Crippen LogP contribution in [0.25, 0.3) is 5.69 Å². The minimum Gasteiger partial charge on any atom is -0.262 e. The number of halogens is 1. The highest BCUT2D eigenvalue weighted by atomic mass is 35.5. The molecule has 26 heavy (non-hydrogen) atoms. The molecule has 4 rings (SSSR count). The van der Waals surface area contributed by atoms with Gasteiger partial charge in [0.25, 0.3) is 0 Å². The van der Waals surface area contributed by atoms with Gasteiger partial charge < -0.3 is 0 Å². The number of hydrogen-bond acceptors (Lipinski definition) is 5. The lowest BCUT2D eigenvalue weighted by molar-refractivity contribution is 0.523. The molecule has 0 saturated heterocycles. The Bertz CT molecular complexity index is 1020. The van der Waals surface area contributed by atoms with E-state index in [-0.39, 0.29) is 6.04 Å². The van der Waals surface area contributed by atoms with Crippen LogP contribution < -0.4 is 0 Å². The van der Waals surface area contributed by atoms with Crippen molar-refractivity contribution in [3.63, 3.8) is 0 Å². The quantitative estimate of drug-likeness (QED) is 0.541. The standard InChI is InChI=1S/C17H17ClN8/c1-12-7-20-25(8-12)13(2)17-22-16(9-24-11-19-10-21-24)23-26(17)15-6-4-3-5-14(15)18/h3-8,10-11,13H,9H2,1-2H3/t13-/m1/s1. The summed E-state index contributed by atoms with van der Waals surface area (Å²) < 4.78 is 5.32. The van der Waals surface area contributed by atoms with Crippen LogP contribution in [0.3, 0.4) is 0 Å². The van der Waals surface area contributed by atoms with E-state index in [1.807, 2.05) is 55.2 Å². The lowest BCUT2D eigenvalue weighted by Crippen LogP contribution is -2.14. The van der Waals surface area contributed by atoms with E-state index in [0.717, 1.165) is 17.1 Å². The van der Waals surface area contributed by atoms with Gasteiger partial charge in [-0.05, 0) is 31.5 Å². The lowest BCUT2D eigenvalue weighted by atomic mass is 10.3. The smallest absolute Gasteiger partial charge is 0.172 e. The van der Waals surface area contributed by atoms with E-state index in [1.165, 1.54) is 6.33 Å². The Kier molecular flexibility index (Phi) is 4.26. The van der Waals surface area contributed by atoms with Crippen LogP contribution in [-0.4, -0.2) is 39.3 Å². The third-order valence-electron chi connectivity index (χ3n) is 4.03. The van der Waals surface area contributed by atoms with Crippen LogP contribution >= 0.6 is 11.6 Å². The number of rotatable bonds is 5. The highest BCUT2D eigenvalue weighted by molar-refractivity contribution is 6.32. The Morgan fingerprint density at radius 2 is 2.04 bits per heavy atom. The van der Waals surface area contributed by atoms with E-state index in [1.54, 1.807) is 15.7 Å². The number of aryl methyl sites for hydroxylation is 1. The number of benzene rings is 1. The van der Waals surface area contributed by atoms with Gasteiger partial charge in [-0.1, -0.05) is 23.7 Å². The molecule has 1 aromatic carbocycles. The summed E-state index contributed by atoms with van der Waals surface area (Å²) in [5.41, 5.74) is 1.86. The van der Waals surface area contributed by atoms with Crippen molar-refractivity contribution in [2.75, 3.05) is 0 Å². The van der Waals surface area contributed by atoms with E-state index >= 15 is 0 Å². The topological polar surface area (TPSA) is 79.2 Å². The largest absolute Gasteiger partial charge is 0.262 e. The molecular formula is C17H17ClN8. The summed E-state index contributed by atoms with van der Waals surface area (Å²) in [4.78, 5) is 8.69. The molecule has 8 nitrogen and oxygen atoms in total. The van der Waals surface area contributed by atoms with Gasteiger partial charge in [0, 0.05) is 6.20 Å². The molecule has 0 spiro atoms. The summed E-state index contributed by atoms with van der Waals surface area (Å²) in [5.74, 6) is 1.37. The average molecular weight is 369 g/mol. The van der Waals surface area contributed by atoms with Crippen molar-refractivity contribution < 1.29 is 0 Å². The Labute approximate surface area is 155 Å². The monoisotopic (exact) mass is 368 g/mol. The minimum atomic E-state index is -0.114. The minimum absolute atomic E-state index is 0.114. The molecule has 0 saturated carbocycles. The van der Waals surface area contributed by atoms with Crippen LogP contribution in [0.5, 0.6) is 0 Å². The van der Waals surface area contributed by atoms with Crippen LogP contribution in [-0.2, 0) is 6.54 Å². The van der Waals surface area contributed by atoms with E-state index in [4.69, 9.17) is 16.6 Å². The first-order chi connectivity index (χ1) is 12.6. The van der Waals surface area contributed by atoms with E-state index in [0.29, 0.717) is 17.4 Å². The summed E-state index contributed by atoms with van der Waals surface area (Å²) in [5, 5.41) is 13.8. The average Bonchev–Trinajstić information content (AvgIpc) is 3.36. The zero-order valence-corrected chi connectivity index (χ0v) is 15.1. The van der Waals surface area contributed by atoms with Gasteiger partial charge in [-0.15, -0.1) is 5.10 Å². The molecule has 0 fully saturated rings. The molecule has 0 amide bonds. The van der Waals surface area contributed by atoms with Gasteiger partial charge in [-0.2, -0.15) is 10.2 Å². The molecule has 4 aromatic rings. The predicted molar refractivity (Wildman–Crippen MR) is 96.3 cm³/mol. The molecule has 0 N–H and O–H groups in total. The van der Waals surface area contributed by atoms with Gasteiger partial charge in [-0.25, -0.2) is 19.3 Å². The zero-order chi connectivity index (χ0) is 18.1. The van der Waals surface area contributed by atoms with Gasteiger partial charge in [0.2, 0.25) is 0 Å². The van der Waals surface area contributed by atoms with Crippen LogP contribution in [0.1, 0.15) is 30.2 Å². The predicted octanol–water partition coefficient (Wildman–Crippen LogP) is 2.67. The van der Waals surface area contributed by atoms with Crippen molar-refractivity contribution >= 4 is 11.6 Å². The molecular weight excluding hydrogens is 352 g/mol. The van der Waals surface area contributed by atoms with Crippen LogP contribution in [0.2, 0.25) is 5.02 Å². The third kappa shape index (κ3) is 3.11. The Hall–Kier alpha value is -3.00. The fourth-order valence-electron chi connectivity index (χ4n) is 2.73. The zero-order valence-electron chi connectivity index (χ0n) is 14.4. The van der Waals surface area contributed by atoms with Crippen molar-refractivity contribution in [3.8, 4) is 5.69 Å². The molecule has 132 valence electrons. The highest BCUT2D eigenvalue weighted by Crippen LogP contribution is 2.24. The summed E-state index contributed by atoms with van der Waals surface area (Å²) in [7, 11) is 0. The molecule has 9 heteroatoms. The molecule has 0 aliphatic carbocycles. The third-order valence-corrected chi connectivity index (χ3v) is 4.35. The van der Waals surface area contributed by atoms with Crippen LogP contribution in [0.15, 0.2) is 49.3 Å². The summed E-state index contributed by atoms with van der Waals surface area (Å²) in [6, 6.07) is 7.45. The molecule has 3 aromatic heterocycles. The summed E-state index contributed by atoms with van der Waals surface area (Å²) in [6.45, 7) is 4.46. The first-order valence-electron chi connectivity index (χ1n) is 8.15. The molecule has 3 heterocycles.